The minimum Gasteiger partial charge on any atom is -0.327 e. The number of anilines is 1. The number of rotatable bonds is 5. The van der Waals surface area contributed by atoms with Gasteiger partial charge >= 0.3 is 0 Å². The SMILES string of the molecule is CC(N)CC(=O)Nc1ncc(Cc2cccc(Cl)c2Cl)s1.Cl. The van der Waals surface area contributed by atoms with E-state index in [1.807, 2.05) is 12.1 Å². The Bertz CT molecular complexity index is 646. The number of aromatic nitrogens is 1. The summed E-state index contributed by atoms with van der Waals surface area (Å²) in [4.78, 5) is 16.8. The Kier molecular flexibility index (Phi) is 7.59. The second-order valence-electron chi connectivity index (χ2n) is 4.75. The maximum absolute atomic E-state index is 11.6. The van der Waals surface area contributed by atoms with E-state index in [9.17, 15) is 4.79 Å². The quantitative estimate of drug-likeness (QED) is 0.819. The largest absolute Gasteiger partial charge is 0.327 e. The number of nitrogens with two attached hydrogens (primary N) is 1. The summed E-state index contributed by atoms with van der Waals surface area (Å²) in [5, 5.41) is 4.38. The zero-order valence-electron chi connectivity index (χ0n) is 11.8. The van der Waals surface area contributed by atoms with Crippen molar-refractivity contribution in [3.05, 3.63) is 44.9 Å². The van der Waals surface area contributed by atoms with Gasteiger partial charge in [-0.25, -0.2) is 4.98 Å². The van der Waals surface area contributed by atoms with Gasteiger partial charge in [-0.05, 0) is 18.6 Å². The molecule has 2 aromatic rings. The van der Waals surface area contributed by atoms with Crippen molar-refractivity contribution in [1.82, 2.24) is 4.98 Å². The molecule has 22 heavy (non-hydrogen) atoms. The second-order valence-corrected chi connectivity index (χ2v) is 6.65. The standard InChI is InChI=1S/C14H15Cl2N3OS.ClH/c1-8(17)5-12(20)19-14-18-7-10(21-14)6-9-3-2-4-11(15)13(9)16;/h2-4,7-8H,5-6,17H2,1H3,(H,18,19,20);1H. The fourth-order valence-electron chi connectivity index (χ4n) is 1.78. The lowest BCUT2D eigenvalue weighted by atomic mass is 10.1. The summed E-state index contributed by atoms with van der Waals surface area (Å²) in [5.41, 5.74) is 6.51. The number of nitrogens with one attached hydrogen (secondary N) is 1. The third-order valence-electron chi connectivity index (χ3n) is 2.70. The highest BCUT2D eigenvalue weighted by molar-refractivity contribution is 7.15. The smallest absolute Gasteiger partial charge is 0.227 e. The van der Waals surface area contributed by atoms with Crippen molar-refractivity contribution in [2.24, 2.45) is 5.73 Å². The predicted octanol–water partition coefficient (Wildman–Crippen LogP) is 4.14. The van der Waals surface area contributed by atoms with E-state index in [0.29, 0.717) is 21.6 Å². The Hall–Kier alpha value is -0.850. The maximum atomic E-state index is 11.6. The van der Waals surface area contributed by atoms with E-state index in [1.54, 1.807) is 19.2 Å². The van der Waals surface area contributed by atoms with Crippen molar-refractivity contribution >= 4 is 58.0 Å². The summed E-state index contributed by atoms with van der Waals surface area (Å²) in [6.07, 6.45) is 2.62. The topological polar surface area (TPSA) is 68.0 Å². The molecule has 1 aromatic carbocycles. The van der Waals surface area contributed by atoms with Crippen molar-refractivity contribution in [3.8, 4) is 0 Å². The highest BCUT2D eigenvalue weighted by atomic mass is 35.5. The first-order valence-electron chi connectivity index (χ1n) is 6.38. The van der Waals surface area contributed by atoms with Crippen LogP contribution in [0, 0.1) is 0 Å². The Labute approximate surface area is 149 Å². The first-order valence-corrected chi connectivity index (χ1v) is 7.96. The molecule has 1 heterocycles. The second kappa shape index (κ2) is 8.70. The van der Waals surface area contributed by atoms with Crippen LogP contribution in [0.2, 0.25) is 10.0 Å². The summed E-state index contributed by atoms with van der Waals surface area (Å²) >= 11 is 13.6. The molecule has 0 saturated heterocycles. The van der Waals surface area contributed by atoms with Gasteiger partial charge in [0.05, 0.1) is 10.0 Å². The number of hydrogen-bond donors (Lipinski definition) is 2. The maximum Gasteiger partial charge on any atom is 0.227 e. The van der Waals surface area contributed by atoms with Crippen LogP contribution in [-0.2, 0) is 11.2 Å². The monoisotopic (exact) mass is 379 g/mol. The summed E-state index contributed by atoms with van der Waals surface area (Å²) in [5.74, 6) is -0.133. The molecule has 1 atom stereocenters. The van der Waals surface area contributed by atoms with Crippen molar-refractivity contribution in [3.63, 3.8) is 0 Å². The number of thiazole rings is 1. The van der Waals surface area contributed by atoms with Gasteiger partial charge in [-0.3, -0.25) is 4.79 Å². The van der Waals surface area contributed by atoms with Gasteiger partial charge in [0.1, 0.15) is 0 Å². The minimum absolute atomic E-state index is 0. The van der Waals surface area contributed by atoms with Crippen molar-refractivity contribution in [2.45, 2.75) is 25.8 Å². The van der Waals surface area contributed by atoms with Gasteiger partial charge in [-0.2, -0.15) is 0 Å². The zero-order chi connectivity index (χ0) is 15.4. The van der Waals surface area contributed by atoms with Crippen LogP contribution in [0.25, 0.3) is 0 Å². The fourth-order valence-corrected chi connectivity index (χ4v) is 3.02. The Balaban J connectivity index is 0.00000242. The summed E-state index contributed by atoms with van der Waals surface area (Å²) < 4.78 is 0. The molecule has 3 N–H and O–H groups in total. The van der Waals surface area contributed by atoms with Gasteiger partial charge in [0.15, 0.2) is 5.13 Å². The van der Waals surface area contributed by atoms with E-state index >= 15 is 0 Å². The lowest BCUT2D eigenvalue weighted by Gasteiger charge is -2.04. The summed E-state index contributed by atoms with van der Waals surface area (Å²) in [6, 6.07) is 5.35. The van der Waals surface area contributed by atoms with Gasteiger partial charge in [-0.15, -0.1) is 23.7 Å². The molecule has 1 unspecified atom stereocenters. The lowest BCUT2D eigenvalue weighted by molar-refractivity contribution is -0.116. The van der Waals surface area contributed by atoms with Crippen LogP contribution in [0.3, 0.4) is 0 Å². The number of carbonyl (C=O) groups excluding carboxylic acids is 1. The third-order valence-corrected chi connectivity index (χ3v) is 4.47. The summed E-state index contributed by atoms with van der Waals surface area (Å²) in [7, 11) is 0. The Morgan fingerprint density at radius 2 is 2.18 bits per heavy atom. The number of halogens is 3. The van der Waals surface area contributed by atoms with Crippen molar-refractivity contribution in [2.75, 3.05) is 5.32 Å². The van der Waals surface area contributed by atoms with Gasteiger partial charge in [0, 0.05) is 30.0 Å². The van der Waals surface area contributed by atoms with E-state index in [-0.39, 0.29) is 30.8 Å². The molecule has 0 fully saturated rings. The van der Waals surface area contributed by atoms with Crippen molar-refractivity contribution < 1.29 is 4.79 Å². The van der Waals surface area contributed by atoms with E-state index in [2.05, 4.69) is 10.3 Å². The average molecular weight is 381 g/mol. The molecule has 0 radical (unpaired) electrons. The van der Waals surface area contributed by atoms with Crippen molar-refractivity contribution in [1.29, 1.82) is 0 Å². The van der Waals surface area contributed by atoms with Crippen LogP contribution in [0.5, 0.6) is 0 Å². The van der Waals surface area contributed by atoms with Gasteiger partial charge in [0.25, 0.3) is 0 Å². The molecular formula is C14H16Cl3N3OS. The number of amides is 1. The molecular weight excluding hydrogens is 365 g/mol. The van der Waals surface area contributed by atoms with E-state index in [0.717, 1.165) is 10.4 Å². The Morgan fingerprint density at radius 1 is 1.45 bits per heavy atom. The lowest BCUT2D eigenvalue weighted by Crippen LogP contribution is -2.23. The number of nitrogens with zero attached hydrogens (tertiary/aromatic N) is 1. The molecule has 0 aliphatic heterocycles. The Morgan fingerprint density at radius 3 is 2.86 bits per heavy atom. The number of hydrogen-bond acceptors (Lipinski definition) is 4. The minimum atomic E-state index is -0.172. The van der Waals surface area contributed by atoms with Crippen LogP contribution >= 0.6 is 46.9 Å². The highest BCUT2D eigenvalue weighted by Gasteiger charge is 2.11. The van der Waals surface area contributed by atoms with E-state index in [1.165, 1.54) is 11.3 Å². The van der Waals surface area contributed by atoms with E-state index in [4.69, 9.17) is 28.9 Å². The molecule has 0 spiro atoms. The van der Waals surface area contributed by atoms with Gasteiger partial charge in [-0.1, -0.05) is 35.3 Å². The predicted molar refractivity (Wildman–Crippen MR) is 95.5 cm³/mol. The molecule has 0 aliphatic carbocycles. The molecule has 0 aliphatic rings. The van der Waals surface area contributed by atoms with Crippen LogP contribution < -0.4 is 11.1 Å². The van der Waals surface area contributed by atoms with Crippen LogP contribution in [0.1, 0.15) is 23.8 Å². The average Bonchev–Trinajstić information content (AvgIpc) is 2.81. The first kappa shape index (κ1) is 19.2. The van der Waals surface area contributed by atoms with Gasteiger partial charge in [0.2, 0.25) is 5.91 Å². The summed E-state index contributed by atoms with van der Waals surface area (Å²) in [6.45, 7) is 1.79. The molecule has 4 nitrogen and oxygen atoms in total. The van der Waals surface area contributed by atoms with E-state index < -0.39 is 0 Å². The molecule has 120 valence electrons. The van der Waals surface area contributed by atoms with Crippen LogP contribution in [0.4, 0.5) is 5.13 Å². The third kappa shape index (κ3) is 5.41. The highest BCUT2D eigenvalue weighted by Crippen LogP contribution is 2.29. The molecule has 8 heteroatoms. The molecule has 1 amide bonds. The number of benzene rings is 1. The molecule has 2 rings (SSSR count). The van der Waals surface area contributed by atoms with Crippen LogP contribution in [0.15, 0.2) is 24.4 Å². The molecule has 0 saturated carbocycles. The molecule has 0 bridgehead atoms. The first-order chi connectivity index (χ1) is 9.95. The van der Waals surface area contributed by atoms with Crippen LogP contribution in [-0.4, -0.2) is 16.9 Å². The van der Waals surface area contributed by atoms with Gasteiger partial charge < -0.3 is 11.1 Å². The zero-order valence-corrected chi connectivity index (χ0v) is 15.0. The number of carbonyl (C=O) groups is 1. The molecule has 1 aromatic heterocycles. The normalized spacial score (nSPS) is 11.6. The fraction of sp³-hybridized carbons (Fsp3) is 0.286.